The smallest absolute Gasteiger partial charge is 0.313 e. The van der Waals surface area contributed by atoms with E-state index >= 15 is 0 Å². The number of rotatable bonds is 4. The number of nitrogens with one attached hydrogen (secondary N) is 1. The van der Waals surface area contributed by atoms with Crippen molar-refractivity contribution in [2.45, 2.75) is 25.8 Å². The first-order valence-corrected chi connectivity index (χ1v) is 6.11. The van der Waals surface area contributed by atoms with E-state index in [1.54, 1.807) is 21.0 Å². The zero-order chi connectivity index (χ0) is 14.3. The fourth-order valence-electron chi connectivity index (χ4n) is 1.54. The van der Waals surface area contributed by atoms with Crippen LogP contribution in [0.1, 0.15) is 25.0 Å². The van der Waals surface area contributed by atoms with Crippen molar-refractivity contribution in [2.24, 2.45) is 5.73 Å². The molecule has 3 N–H and O–H groups in total. The van der Waals surface area contributed by atoms with Crippen LogP contribution in [0.3, 0.4) is 0 Å². The van der Waals surface area contributed by atoms with Gasteiger partial charge in [-0.25, -0.2) is 4.79 Å². The van der Waals surface area contributed by atoms with Gasteiger partial charge in [-0.2, -0.15) is 0 Å². The summed E-state index contributed by atoms with van der Waals surface area (Å²) in [6.45, 7) is 4.32. The number of carbonyl (C=O) groups excluding carboxylic acids is 1. The first kappa shape index (κ1) is 15.1. The quantitative estimate of drug-likeness (QED) is 0.809. The summed E-state index contributed by atoms with van der Waals surface area (Å²) in [6.07, 6.45) is 0.888. The summed E-state index contributed by atoms with van der Waals surface area (Å²) in [7, 11) is 1.69. The minimum Gasteiger partial charge on any atom is -0.384 e. The molecule has 0 radical (unpaired) electrons. The molecule has 0 saturated heterocycles. The van der Waals surface area contributed by atoms with Crippen molar-refractivity contribution in [3.05, 3.63) is 35.4 Å². The standard InChI is InChI=1S/C15H20N2O2/c1-15(2,17-14(16)18)10-8-12-4-6-13(7-5-12)9-11-19-3/h4-7H,9,11H2,1-3H3,(H3,16,17,18). The molecule has 19 heavy (non-hydrogen) atoms. The summed E-state index contributed by atoms with van der Waals surface area (Å²) in [5, 5.41) is 2.58. The lowest BCUT2D eigenvalue weighted by atomic mass is 10.0. The molecule has 1 aromatic rings. The molecule has 0 spiro atoms. The molecule has 0 heterocycles. The van der Waals surface area contributed by atoms with Crippen LogP contribution in [0.4, 0.5) is 4.79 Å². The lowest BCUT2D eigenvalue weighted by Gasteiger charge is -2.17. The van der Waals surface area contributed by atoms with Gasteiger partial charge in [0.1, 0.15) is 0 Å². The van der Waals surface area contributed by atoms with Gasteiger partial charge in [0.05, 0.1) is 12.1 Å². The number of nitrogens with two attached hydrogens (primary N) is 1. The van der Waals surface area contributed by atoms with Gasteiger partial charge in [-0.1, -0.05) is 24.0 Å². The lowest BCUT2D eigenvalue weighted by Crippen LogP contribution is -2.45. The molecular formula is C15H20N2O2. The van der Waals surface area contributed by atoms with Crippen LogP contribution < -0.4 is 11.1 Å². The van der Waals surface area contributed by atoms with Gasteiger partial charge >= 0.3 is 6.03 Å². The van der Waals surface area contributed by atoms with E-state index in [-0.39, 0.29) is 0 Å². The Morgan fingerprint density at radius 3 is 2.53 bits per heavy atom. The molecule has 0 aliphatic heterocycles. The van der Waals surface area contributed by atoms with E-state index in [9.17, 15) is 4.79 Å². The summed E-state index contributed by atoms with van der Waals surface area (Å²) in [5.41, 5.74) is 6.56. The third kappa shape index (κ3) is 5.94. The molecule has 0 aliphatic rings. The molecule has 0 unspecified atom stereocenters. The second-order valence-corrected chi connectivity index (χ2v) is 4.80. The number of hydrogen-bond donors (Lipinski definition) is 2. The Morgan fingerprint density at radius 2 is 2.00 bits per heavy atom. The third-order valence-electron chi connectivity index (χ3n) is 2.50. The summed E-state index contributed by atoms with van der Waals surface area (Å²) in [6, 6.07) is 7.39. The summed E-state index contributed by atoms with van der Waals surface area (Å²) in [4.78, 5) is 10.8. The van der Waals surface area contributed by atoms with Crippen molar-refractivity contribution >= 4 is 6.03 Å². The predicted octanol–water partition coefficient (Wildman–Crippen LogP) is 1.67. The van der Waals surface area contributed by atoms with Gasteiger partial charge in [-0.3, -0.25) is 0 Å². The van der Waals surface area contributed by atoms with E-state index in [4.69, 9.17) is 10.5 Å². The number of amides is 2. The second kappa shape index (κ2) is 6.81. The first-order chi connectivity index (χ1) is 8.93. The van der Waals surface area contributed by atoms with Crippen LogP contribution in [-0.2, 0) is 11.2 Å². The topological polar surface area (TPSA) is 64.3 Å². The van der Waals surface area contributed by atoms with Crippen molar-refractivity contribution in [3.8, 4) is 11.8 Å². The molecule has 0 aromatic heterocycles. The highest BCUT2D eigenvalue weighted by molar-refractivity contribution is 5.73. The molecule has 0 fully saturated rings. The van der Waals surface area contributed by atoms with Gasteiger partial charge in [-0.15, -0.1) is 0 Å². The molecule has 4 heteroatoms. The molecule has 2 amide bonds. The van der Waals surface area contributed by atoms with Crippen LogP contribution in [0.15, 0.2) is 24.3 Å². The Kier molecular flexibility index (Phi) is 5.40. The molecule has 0 aliphatic carbocycles. The molecule has 0 saturated carbocycles. The van der Waals surface area contributed by atoms with E-state index < -0.39 is 11.6 Å². The molecule has 0 bridgehead atoms. The SMILES string of the molecule is COCCc1ccc(C#CC(C)(C)NC(N)=O)cc1. The van der Waals surface area contributed by atoms with Crippen LogP contribution in [0.2, 0.25) is 0 Å². The average molecular weight is 260 g/mol. The Labute approximate surface area is 114 Å². The number of hydrogen-bond acceptors (Lipinski definition) is 2. The van der Waals surface area contributed by atoms with E-state index in [1.807, 2.05) is 24.3 Å². The average Bonchev–Trinajstić information content (AvgIpc) is 2.34. The van der Waals surface area contributed by atoms with Crippen molar-refractivity contribution in [2.75, 3.05) is 13.7 Å². The molecule has 1 aromatic carbocycles. The number of methoxy groups -OCH3 is 1. The van der Waals surface area contributed by atoms with Crippen molar-refractivity contribution in [1.29, 1.82) is 0 Å². The van der Waals surface area contributed by atoms with E-state index in [0.29, 0.717) is 6.61 Å². The monoisotopic (exact) mass is 260 g/mol. The maximum Gasteiger partial charge on any atom is 0.313 e. The Hall–Kier alpha value is -1.99. The van der Waals surface area contributed by atoms with Crippen LogP contribution in [-0.4, -0.2) is 25.3 Å². The summed E-state index contributed by atoms with van der Waals surface area (Å²) < 4.78 is 5.03. The lowest BCUT2D eigenvalue weighted by molar-refractivity contribution is 0.202. The molecule has 0 atom stereocenters. The first-order valence-electron chi connectivity index (χ1n) is 6.11. The third-order valence-corrected chi connectivity index (χ3v) is 2.50. The Bertz CT molecular complexity index is 481. The Balaban J connectivity index is 2.70. The van der Waals surface area contributed by atoms with Gasteiger partial charge in [0.2, 0.25) is 0 Å². The fourth-order valence-corrected chi connectivity index (χ4v) is 1.54. The summed E-state index contributed by atoms with van der Waals surface area (Å²) in [5.74, 6) is 6.00. The highest BCUT2D eigenvalue weighted by atomic mass is 16.5. The van der Waals surface area contributed by atoms with E-state index in [1.165, 1.54) is 5.56 Å². The van der Waals surface area contributed by atoms with Crippen LogP contribution in [0, 0.1) is 11.8 Å². The minimum absolute atomic E-state index is 0.575. The van der Waals surface area contributed by atoms with Crippen LogP contribution in [0.5, 0.6) is 0 Å². The number of carbonyl (C=O) groups is 1. The Morgan fingerprint density at radius 1 is 1.37 bits per heavy atom. The molecule has 102 valence electrons. The largest absolute Gasteiger partial charge is 0.384 e. The van der Waals surface area contributed by atoms with Crippen LogP contribution >= 0.6 is 0 Å². The van der Waals surface area contributed by atoms with E-state index in [0.717, 1.165) is 12.0 Å². The number of primary amides is 1. The summed E-state index contributed by atoms with van der Waals surface area (Å²) >= 11 is 0. The van der Waals surface area contributed by atoms with E-state index in [2.05, 4.69) is 17.2 Å². The van der Waals surface area contributed by atoms with Crippen molar-refractivity contribution in [3.63, 3.8) is 0 Å². The van der Waals surface area contributed by atoms with Gasteiger partial charge in [0.25, 0.3) is 0 Å². The zero-order valence-electron chi connectivity index (χ0n) is 11.6. The van der Waals surface area contributed by atoms with Gasteiger partial charge in [-0.05, 0) is 38.0 Å². The predicted molar refractivity (Wildman–Crippen MR) is 75.7 cm³/mol. The van der Waals surface area contributed by atoms with Crippen molar-refractivity contribution in [1.82, 2.24) is 5.32 Å². The van der Waals surface area contributed by atoms with Gasteiger partial charge in [0, 0.05) is 12.7 Å². The maximum absolute atomic E-state index is 10.8. The molecular weight excluding hydrogens is 240 g/mol. The molecule has 1 rings (SSSR count). The second-order valence-electron chi connectivity index (χ2n) is 4.80. The highest BCUT2D eigenvalue weighted by Crippen LogP contribution is 2.05. The normalized spacial score (nSPS) is 10.5. The highest BCUT2D eigenvalue weighted by Gasteiger charge is 2.14. The number of benzene rings is 1. The maximum atomic E-state index is 10.8. The zero-order valence-corrected chi connectivity index (χ0v) is 11.6. The fraction of sp³-hybridized carbons (Fsp3) is 0.400. The van der Waals surface area contributed by atoms with Gasteiger partial charge < -0.3 is 15.8 Å². The van der Waals surface area contributed by atoms with Crippen LogP contribution in [0.25, 0.3) is 0 Å². The van der Waals surface area contributed by atoms with Crippen molar-refractivity contribution < 1.29 is 9.53 Å². The van der Waals surface area contributed by atoms with Gasteiger partial charge in [0.15, 0.2) is 0 Å². The molecule has 4 nitrogen and oxygen atoms in total. The number of ether oxygens (including phenoxy) is 1. The number of urea groups is 1. The minimum atomic E-state index is -0.638.